The Hall–Kier alpha value is -3.05. The number of methoxy groups -OCH3 is 1. The highest BCUT2D eigenvalue weighted by atomic mass is 35.5. The van der Waals surface area contributed by atoms with Crippen molar-refractivity contribution in [1.82, 2.24) is 9.55 Å². The molecule has 0 atom stereocenters. The van der Waals surface area contributed by atoms with Crippen molar-refractivity contribution >= 4 is 22.6 Å². The van der Waals surface area contributed by atoms with Crippen LogP contribution < -0.4 is 10.4 Å². The van der Waals surface area contributed by atoms with E-state index in [4.69, 9.17) is 16.3 Å². The number of nitrogens with zero attached hydrogens (tertiary/aromatic N) is 1. The molecule has 0 aliphatic heterocycles. The minimum atomic E-state index is -0.349. The van der Waals surface area contributed by atoms with Gasteiger partial charge in [0, 0.05) is 10.6 Å². The number of H-pyrrole nitrogens is 1. The molecule has 4 nitrogen and oxygen atoms in total. The Balaban J connectivity index is 1.79. The molecule has 1 heterocycles. The second-order valence-corrected chi connectivity index (χ2v) is 6.66. The molecular formula is C21H16ClFN2O2. The minimum absolute atomic E-state index is 0.215. The van der Waals surface area contributed by atoms with Gasteiger partial charge in [-0.1, -0.05) is 29.8 Å². The number of hydrogen-bond donors (Lipinski definition) is 1. The third-order valence-electron chi connectivity index (χ3n) is 4.48. The van der Waals surface area contributed by atoms with Crippen LogP contribution in [0.25, 0.3) is 22.2 Å². The Morgan fingerprint density at radius 2 is 1.96 bits per heavy atom. The number of benzene rings is 3. The summed E-state index contributed by atoms with van der Waals surface area (Å²) in [6.07, 6.45) is 0. The number of halogens is 2. The Labute approximate surface area is 159 Å². The number of aromatic amines is 1. The van der Waals surface area contributed by atoms with Crippen LogP contribution in [-0.4, -0.2) is 16.7 Å². The monoisotopic (exact) mass is 382 g/mol. The molecule has 0 radical (unpaired) electrons. The molecule has 0 bridgehead atoms. The highest BCUT2D eigenvalue weighted by Crippen LogP contribution is 2.32. The molecule has 0 amide bonds. The third kappa shape index (κ3) is 3.34. The Bertz CT molecular complexity index is 1200. The zero-order chi connectivity index (χ0) is 19.0. The maximum Gasteiger partial charge on any atom is 0.326 e. The summed E-state index contributed by atoms with van der Waals surface area (Å²) in [5.74, 6) is 0.217. The number of fused-ring (bicyclic) bond motifs is 1. The topological polar surface area (TPSA) is 47.0 Å². The van der Waals surface area contributed by atoms with Gasteiger partial charge in [0.05, 0.1) is 24.7 Å². The van der Waals surface area contributed by atoms with Gasteiger partial charge in [-0.3, -0.25) is 4.57 Å². The van der Waals surface area contributed by atoms with Crippen LogP contribution in [0.1, 0.15) is 5.56 Å². The van der Waals surface area contributed by atoms with E-state index in [0.29, 0.717) is 28.4 Å². The van der Waals surface area contributed by atoms with Crippen LogP contribution in [-0.2, 0) is 6.54 Å². The normalized spacial score (nSPS) is 11.1. The molecule has 0 spiro atoms. The first-order valence-electron chi connectivity index (χ1n) is 8.36. The molecule has 4 aromatic rings. The molecule has 0 aliphatic rings. The molecule has 0 fully saturated rings. The van der Waals surface area contributed by atoms with Gasteiger partial charge in [0.1, 0.15) is 11.6 Å². The third-order valence-corrected chi connectivity index (χ3v) is 4.71. The number of rotatable bonds is 4. The van der Waals surface area contributed by atoms with Crippen molar-refractivity contribution in [3.05, 3.63) is 87.6 Å². The molecule has 0 unspecified atom stereocenters. The van der Waals surface area contributed by atoms with E-state index in [1.165, 1.54) is 12.1 Å². The summed E-state index contributed by atoms with van der Waals surface area (Å²) in [4.78, 5) is 15.3. The largest absolute Gasteiger partial charge is 0.496 e. The van der Waals surface area contributed by atoms with Gasteiger partial charge in [0.15, 0.2) is 0 Å². The fraction of sp³-hybridized carbons (Fsp3) is 0.0952. The molecular weight excluding hydrogens is 367 g/mol. The molecule has 136 valence electrons. The van der Waals surface area contributed by atoms with Crippen LogP contribution in [0, 0.1) is 5.82 Å². The molecule has 0 saturated carbocycles. The van der Waals surface area contributed by atoms with Gasteiger partial charge in [-0.25, -0.2) is 9.18 Å². The van der Waals surface area contributed by atoms with Gasteiger partial charge in [0.25, 0.3) is 0 Å². The lowest BCUT2D eigenvalue weighted by atomic mass is 10.0. The molecule has 0 saturated heterocycles. The molecule has 0 aliphatic carbocycles. The van der Waals surface area contributed by atoms with Crippen molar-refractivity contribution in [3.8, 4) is 16.9 Å². The minimum Gasteiger partial charge on any atom is -0.496 e. The first kappa shape index (κ1) is 17.4. The number of nitrogens with one attached hydrogen (secondary N) is 1. The Morgan fingerprint density at radius 3 is 2.74 bits per heavy atom. The second-order valence-electron chi connectivity index (χ2n) is 6.22. The fourth-order valence-electron chi connectivity index (χ4n) is 3.21. The van der Waals surface area contributed by atoms with Crippen LogP contribution >= 0.6 is 11.6 Å². The summed E-state index contributed by atoms with van der Waals surface area (Å²) in [5, 5.41) is 0.626. The van der Waals surface area contributed by atoms with Crippen molar-refractivity contribution in [2.45, 2.75) is 6.54 Å². The maximum atomic E-state index is 13.7. The highest BCUT2D eigenvalue weighted by Gasteiger charge is 2.12. The number of imidazole rings is 1. The lowest BCUT2D eigenvalue weighted by molar-refractivity contribution is 0.415. The average Bonchev–Trinajstić information content (AvgIpc) is 2.96. The summed E-state index contributed by atoms with van der Waals surface area (Å²) < 4.78 is 20.7. The fourth-order valence-corrected chi connectivity index (χ4v) is 3.42. The number of ether oxygens (including phenoxy) is 1. The maximum absolute atomic E-state index is 13.7. The first-order valence-corrected chi connectivity index (χ1v) is 8.74. The van der Waals surface area contributed by atoms with Gasteiger partial charge in [-0.05, 0) is 53.6 Å². The Morgan fingerprint density at radius 1 is 1.11 bits per heavy atom. The van der Waals surface area contributed by atoms with Crippen molar-refractivity contribution < 1.29 is 9.13 Å². The summed E-state index contributed by atoms with van der Waals surface area (Å²) in [6, 6.07) is 17.3. The lowest BCUT2D eigenvalue weighted by Crippen LogP contribution is -2.17. The zero-order valence-electron chi connectivity index (χ0n) is 14.5. The van der Waals surface area contributed by atoms with Crippen molar-refractivity contribution in [1.29, 1.82) is 0 Å². The summed E-state index contributed by atoms with van der Waals surface area (Å²) in [6.45, 7) is 0.405. The van der Waals surface area contributed by atoms with E-state index < -0.39 is 0 Å². The summed E-state index contributed by atoms with van der Waals surface area (Å²) in [7, 11) is 1.54. The predicted octanol–water partition coefficient (Wildman–Crippen LogP) is 4.85. The van der Waals surface area contributed by atoms with Crippen LogP contribution in [0.15, 0.2) is 65.5 Å². The quantitative estimate of drug-likeness (QED) is 0.548. The summed E-state index contributed by atoms with van der Waals surface area (Å²) >= 11 is 6.04. The van der Waals surface area contributed by atoms with E-state index in [1.54, 1.807) is 23.8 Å². The first-order chi connectivity index (χ1) is 13.0. The SMILES string of the molecule is COc1ccc(F)cc1-c1ccc2c(c1)[nH]c(=O)n2Cc1cccc(Cl)c1. The summed E-state index contributed by atoms with van der Waals surface area (Å²) in [5.41, 5.74) is 3.54. The standard InChI is InChI=1S/C21H16ClFN2O2/c1-27-20-8-6-16(23)11-17(20)14-5-7-19-18(10-14)24-21(26)25(19)12-13-3-2-4-15(22)9-13/h2-11H,12H2,1H3,(H,24,26). The smallest absolute Gasteiger partial charge is 0.326 e. The number of aromatic nitrogens is 2. The van der Waals surface area contributed by atoms with E-state index in [2.05, 4.69) is 4.98 Å². The Kier molecular flexibility index (Phi) is 4.46. The van der Waals surface area contributed by atoms with Crippen LogP contribution in [0.2, 0.25) is 5.02 Å². The molecule has 1 aromatic heterocycles. The van der Waals surface area contributed by atoms with Crippen LogP contribution in [0.3, 0.4) is 0 Å². The van der Waals surface area contributed by atoms with E-state index in [9.17, 15) is 9.18 Å². The van der Waals surface area contributed by atoms with Crippen LogP contribution in [0.5, 0.6) is 5.75 Å². The van der Waals surface area contributed by atoms with E-state index in [0.717, 1.165) is 16.6 Å². The molecule has 3 aromatic carbocycles. The second kappa shape index (κ2) is 6.93. The highest BCUT2D eigenvalue weighted by molar-refractivity contribution is 6.30. The van der Waals surface area contributed by atoms with Crippen molar-refractivity contribution in [3.63, 3.8) is 0 Å². The molecule has 27 heavy (non-hydrogen) atoms. The predicted molar refractivity (Wildman–Crippen MR) is 105 cm³/mol. The van der Waals surface area contributed by atoms with Gasteiger partial charge < -0.3 is 9.72 Å². The molecule has 6 heteroatoms. The lowest BCUT2D eigenvalue weighted by Gasteiger charge is -2.09. The van der Waals surface area contributed by atoms with E-state index >= 15 is 0 Å². The average molecular weight is 383 g/mol. The molecule has 4 rings (SSSR count). The van der Waals surface area contributed by atoms with E-state index in [-0.39, 0.29) is 11.5 Å². The van der Waals surface area contributed by atoms with Gasteiger partial charge in [0.2, 0.25) is 0 Å². The molecule has 1 N–H and O–H groups in total. The van der Waals surface area contributed by atoms with Crippen molar-refractivity contribution in [2.75, 3.05) is 7.11 Å². The number of hydrogen-bond acceptors (Lipinski definition) is 2. The van der Waals surface area contributed by atoms with Crippen molar-refractivity contribution in [2.24, 2.45) is 0 Å². The van der Waals surface area contributed by atoms with Gasteiger partial charge in [-0.15, -0.1) is 0 Å². The van der Waals surface area contributed by atoms with E-state index in [1.807, 2.05) is 36.4 Å². The van der Waals surface area contributed by atoms with Gasteiger partial charge >= 0.3 is 5.69 Å². The zero-order valence-corrected chi connectivity index (χ0v) is 15.3. The van der Waals surface area contributed by atoms with Crippen LogP contribution in [0.4, 0.5) is 4.39 Å². The van der Waals surface area contributed by atoms with Gasteiger partial charge in [-0.2, -0.15) is 0 Å².